The summed E-state index contributed by atoms with van der Waals surface area (Å²) in [6.45, 7) is 0.536. The molecule has 17 heavy (non-hydrogen) atoms. The van der Waals surface area contributed by atoms with Crippen LogP contribution < -0.4 is 15.9 Å². The van der Waals surface area contributed by atoms with E-state index in [-0.39, 0.29) is 0 Å². The van der Waals surface area contributed by atoms with Crippen LogP contribution in [0.25, 0.3) is 0 Å². The molecule has 2 aromatic carbocycles. The highest BCUT2D eigenvalue weighted by atomic mass is 16.5. The van der Waals surface area contributed by atoms with Gasteiger partial charge >= 0.3 is 0 Å². The normalized spacial score (nSPS) is 9.88. The predicted molar refractivity (Wildman–Crippen MR) is 68.7 cm³/mol. The van der Waals surface area contributed by atoms with Crippen molar-refractivity contribution in [3.63, 3.8) is 0 Å². The molecule has 2 aromatic rings. The Labute approximate surface area is 100 Å². The Hall–Kier alpha value is -2.29. The monoisotopic (exact) mass is 227 g/mol. The number of rotatable bonds is 4. The van der Waals surface area contributed by atoms with Crippen LogP contribution in [0, 0.1) is 0 Å². The van der Waals surface area contributed by atoms with Gasteiger partial charge in [-0.2, -0.15) is 0 Å². The summed E-state index contributed by atoms with van der Waals surface area (Å²) in [6.07, 6.45) is 1.48. The molecule has 3 heteroatoms. The van der Waals surface area contributed by atoms with Crippen LogP contribution in [0.2, 0.25) is 0 Å². The topological polar surface area (TPSA) is 60.8 Å². The number of ether oxygens (including phenoxy) is 1. The third-order valence-electron chi connectivity index (χ3n) is 2.49. The molecule has 0 saturated carbocycles. The third kappa shape index (κ3) is 2.84. The molecule has 0 heterocycles. The molecule has 0 radical (unpaired) electrons. The van der Waals surface area contributed by atoms with Gasteiger partial charge in [0.05, 0.1) is 5.56 Å². The van der Waals surface area contributed by atoms with Gasteiger partial charge in [-0.3, -0.25) is 5.41 Å². The van der Waals surface area contributed by atoms with Crippen LogP contribution in [-0.2, 0) is 6.61 Å². The van der Waals surface area contributed by atoms with E-state index in [2.05, 4.69) is 0 Å². The lowest BCUT2D eigenvalue weighted by atomic mass is 10.2. The fourth-order valence-corrected chi connectivity index (χ4v) is 1.53. The number of hydrogen-bond acceptors (Lipinski definition) is 2. The summed E-state index contributed by atoms with van der Waals surface area (Å²) < 4.78 is 5.66. The molecular weight excluding hydrogens is 212 g/mol. The molecule has 0 aliphatic rings. The van der Waals surface area contributed by atoms with Crippen LogP contribution in [0.4, 0.5) is 5.69 Å². The van der Waals surface area contributed by atoms with Crippen LogP contribution in [0.15, 0.2) is 48.5 Å². The average molecular weight is 227 g/mol. The largest absolute Gasteiger partial charge is 0.489 e. The van der Waals surface area contributed by atoms with E-state index >= 15 is 0 Å². The van der Waals surface area contributed by atoms with Crippen molar-refractivity contribution in [2.75, 3.05) is 5.73 Å². The zero-order valence-corrected chi connectivity index (χ0v) is 9.47. The van der Waals surface area contributed by atoms with Crippen molar-refractivity contribution in [2.45, 2.75) is 6.61 Å². The molecule has 86 valence electrons. The molecule has 0 amide bonds. The second kappa shape index (κ2) is 5.16. The zero-order chi connectivity index (χ0) is 12.1. The van der Waals surface area contributed by atoms with E-state index in [0.29, 0.717) is 12.3 Å². The molecule has 0 spiro atoms. The van der Waals surface area contributed by atoms with Gasteiger partial charge in [0.15, 0.2) is 6.21 Å². The Morgan fingerprint density at radius 1 is 1.12 bits per heavy atom. The number of nitrogen functional groups attached to an aromatic ring is 1. The first kappa shape index (κ1) is 11.2. The lowest BCUT2D eigenvalue weighted by molar-refractivity contribution is -0.104. The first-order valence-corrected chi connectivity index (χ1v) is 5.41. The molecule has 4 N–H and O–H groups in total. The summed E-state index contributed by atoms with van der Waals surface area (Å²) in [6, 6.07) is 15.5. The number of benzene rings is 2. The Morgan fingerprint density at radius 2 is 1.88 bits per heavy atom. The lowest BCUT2D eigenvalue weighted by Crippen LogP contribution is -2.30. The van der Waals surface area contributed by atoms with Gasteiger partial charge < -0.3 is 10.5 Å². The van der Waals surface area contributed by atoms with Gasteiger partial charge in [0, 0.05) is 5.69 Å². The van der Waals surface area contributed by atoms with Crippen LogP contribution in [0.3, 0.4) is 0 Å². The van der Waals surface area contributed by atoms with E-state index in [9.17, 15) is 0 Å². The van der Waals surface area contributed by atoms with E-state index in [1.165, 1.54) is 6.21 Å². The molecule has 0 aliphatic carbocycles. The second-order valence-corrected chi connectivity index (χ2v) is 3.73. The maximum atomic E-state index is 5.74. The summed E-state index contributed by atoms with van der Waals surface area (Å²) in [7, 11) is 0. The van der Waals surface area contributed by atoms with Crippen molar-refractivity contribution >= 4 is 11.9 Å². The van der Waals surface area contributed by atoms with Crippen LogP contribution in [-0.4, -0.2) is 6.21 Å². The van der Waals surface area contributed by atoms with Gasteiger partial charge in [-0.15, -0.1) is 0 Å². The molecule has 0 unspecified atom stereocenters. The molecule has 0 bridgehead atoms. The van der Waals surface area contributed by atoms with E-state index in [1.807, 2.05) is 42.5 Å². The van der Waals surface area contributed by atoms with Crippen molar-refractivity contribution in [3.8, 4) is 5.75 Å². The highest BCUT2D eigenvalue weighted by Crippen LogP contribution is 2.18. The van der Waals surface area contributed by atoms with E-state index in [4.69, 9.17) is 15.9 Å². The minimum Gasteiger partial charge on any atom is -0.489 e. The Balaban J connectivity index is 2.07. The number of nitrogens with two attached hydrogens (primary N) is 2. The Kier molecular flexibility index (Phi) is 3.40. The highest BCUT2D eigenvalue weighted by Gasteiger charge is 2.01. The molecule has 0 saturated heterocycles. The van der Waals surface area contributed by atoms with Crippen molar-refractivity contribution in [1.29, 1.82) is 0 Å². The molecule has 0 fully saturated rings. The maximum Gasteiger partial charge on any atom is 0.169 e. The molecule has 3 nitrogen and oxygen atoms in total. The quantitative estimate of drug-likeness (QED) is 0.605. The van der Waals surface area contributed by atoms with Crippen molar-refractivity contribution < 1.29 is 10.1 Å². The minimum absolute atomic E-state index is 0.536. The van der Waals surface area contributed by atoms with Crippen LogP contribution in [0.1, 0.15) is 11.1 Å². The molecular formula is C14H15N2O+. The van der Waals surface area contributed by atoms with Gasteiger partial charge in [0.1, 0.15) is 12.4 Å². The predicted octanol–water partition coefficient (Wildman–Crippen LogP) is 1.03. The number of anilines is 1. The van der Waals surface area contributed by atoms with Crippen molar-refractivity contribution in [2.24, 2.45) is 0 Å². The summed E-state index contributed by atoms with van der Waals surface area (Å²) in [5.74, 6) is 0.764. The fourth-order valence-electron chi connectivity index (χ4n) is 1.53. The smallest absolute Gasteiger partial charge is 0.169 e. The van der Waals surface area contributed by atoms with Gasteiger partial charge in [0.2, 0.25) is 0 Å². The summed E-state index contributed by atoms with van der Waals surface area (Å²) in [4.78, 5) is 0. The first-order chi connectivity index (χ1) is 8.29. The van der Waals surface area contributed by atoms with E-state index in [0.717, 1.165) is 16.9 Å². The van der Waals surface area contributed by atoms with Crippen LogP contribution >= 0.6 is 0 Å². The van der Waals surface area contributed by atoms with Crippen molar-refractivity contribution in [3.05, 3.63) is 59.7 Å². The fraction of sp³-hybridized carbons (Fsp3) is 0.0714. The van der Waals surface area contributed by atoms with E-state index in [1.54, 1.807) is 6.07 Å². The van der Waals surface area contributed by atoms with Crippen molar-refractivity contribution in [1.82, 2.24) is 0 Å². The Bertz CT molecular complexity index is 509. The highest BCUT2D eigenvalue weighted by molar-refractivity contribution is 5.83. The molecule has 0 atom stereocenters. The Morgan fingerprint density at radius 3 is 2.59 bits per heavy atom. The summed E-state index contributed by atoms with van der Waals surface area (Å²) in [5.41, 5.74) is 8.31. The molecule has 2 rings (SSSR count). The summed E-state index contributed by atoms with van der Waals surface area (Å²) >= 11 is 0. The zero-order valence-electron chi connectivity index (χ0n) is 9.47. The van der Waals surface area contributed by atoms with Gasteiger partial charge in [-0.1, -0.05) is 30.3 Å². The second-order valence-electron chi connectivity index (χ2n) is 3.73. The maximum absolute atomic E-state index is 5.74. The third-order valence-corrected chi connectivity index (χ3v) is 2.49. The minimum atomic E-state index is 0.536. The lowest BCUT2D eigenvalue weighted by Gasteiger charge is -2.07. The SMILES string of the molecule is Nc1ccc(OCc2ccccc2)cc1C=[NH2+]. The summed E-state index contributed by atoms with van der Waals surface area (Å²) in [5, 5.41) is 5.47. The van der Waals surface area contributed by atoms with Crippen LogP contribution in [0.5, 0.6) is 5.75 Å². The molecule has 0 aliphatic heterocycles. The number of hydrogen-bond donors (Lipinski definition) is 2. The van der Waals surface area contributed by atoms with Gasteiger partial charge in [0.25, 0.3) is 0 Å². The first-order valence-electron chi connectivity index (χ1n) is 5.41. The standard InChI is InChI=1S/C14H14N2O/c15-9-12-8-13(6-7-14(12)16)17-10-11-4-2-1-3-5-11/h1-9,15H,10,16H2/p+1. The van der Waals surface area contributed by atoms with Gasteiger partial charge in [-0.05, 0) is 23.8 Å². The van der Waals surface area contributed by atoms with E-state index < -0.39 is 0 Å². The average Bonchev–Trinajstić information content (AvgIpc) is 2.39. The molecule has 0 aromatic heterocycles. The van der Waals surface area contributed by atoms with Gasteiger partial charge in [-0.25, -0.2) is 0 Å².